The average Bonchev–Trinajstić information content (AvgIpc) is 3.37. The topological polar surface area (TPSA) is 56.7 Å². The Balaban J connectivity index is 1.40. The summed E-state index contributed by atoms with van der Waals surface area (Å²) in [6.45, 7) is 0.263. The second kappa shape index (κ2) is 7.50. The van der Waals surface area contributed by atoms with Crippen molar-refractivity contribution in [1.82, 2.24) is 19.7 Å². The Labute approximate surface area is 173 Å². The summed E-state index contributed by atoms with van der Waals surface area (Å²) in [6, 6.07) is 6.48. The van der Waals surface area contributed by atoms with Crippen LogP contribution >= 0.6 is 0 Å². The molecule has 1 aliphatic carbocycles. The van der Waals surface area contributed by atoms with Crippen LogP contribution in [0.15, 0.2) is 65.0 Å². The van der Waals surface area contributed by atoms with Crippen molar-refractivity contribution in [3.05, 3.63) is 83.7 Å². The third-order valence-electron chi connectivity index (χ3n) is 4.96. The fourth-order valence-corrected chi connectivity index (χ4v) is 3.44. The van der Waals surface area contributed by atoms with Crippen molar-refractivity contribution in [2.75, 3.05) is 0 Å². The summed E-state index contributed by atoms with van der Waals surface area (Å²) in [7, 11) is 0. The van der Waals surface area contributed by atoms with Gasteiger partial charge in [0.25, 0.3) is 0 Å². The molecule has 0 spiro atoms. The molecule has 3 aliphatic rings. The van der Waals surface area contributed by atoms with Crippen molar-refractivity contribution in [2.45, 2.75) is 19.4 Å². The van der Waals surface area contributed by atoms with E-state index in [1.807, 2.05) is 0 Å². The number of aromatic nitrogens is 4. The maximum atomic E-state index is 14.1. The fraction of sp³-hybridized carbons (Fsp3) is 0.136. The zero-order chi connectivity index (χ0) is 21.5. The van der Waals surface area contributed by atoms with E-state index in [4.69, 9.17) is 4.52 Å². The maximum Gasteiger partial charge on any atom is 0.165 e. The lowest BCUT2D eigenvalue weighted by molar-refractivity contribution is 0.378. The van der Waals surface area contributed by atoms with E-state index in [0.717, 1.165) is 12.1 Å². The van der Waals surface area contributed by atoms with E-state index in [1.54, 1.807) is 35.2 Å². The van der Waals surface area contributed by atoms with E-state index < -0.39 is 23.3 Å². The summed E-state index contributed by atoms with van der Waals surface area (Å²) in [4.78, 5) is 8.61. The molecule has 0 saturated heterocycles. The number of fused-ring (bicyclic) bond motifs is 1. The molecule has 1 aromatic carbocycles. The Morgan fingerprint density at radius 3 is 2.65 bits per heavy atom. The maximum absolute atomic E-state index is 14.1. The summed E-state index contributed by atoms with van der Waals surface area (Å²) in [5, 5.41) is 3.85. The predicted octanol–water partition coefficient (Wildman–Crippen LogP) is 5.69. The lowest BCUT2D eigenvalue weighted by atomic mass is 10.0. The predicted molar refractivity (Wildman–Crippen MR) is 104 cm³/mol. The highest BCUT2D eigenvalue weighted by Crippen LogP contribution is 2.34. The molecule has 0 radical (unpaired) electrons. The molecule has 0 atom stereocenters. The molecule has 0 saturated carbocycles. The van der Waals surface area contributed by atoms with Gasteiger partial charge in [0.1, 0.15) is 28.8 Å². The first-order valence-electron chi connectivity index (χ1n) is 9.47. The summed E-state index contributed by atoms with van der Waals surface area (Å²) < 4.78 is 61.8. The van der Waals surface area contributed by atoms with Crippen LogP contribution < -0.4 is 0 Å². The van der Waals surface area contributed by atoms with Crippen LogP contribution in [0.1, 0.15) is 24.4 Å². The van der Waals surface area contributed by atoms with Gasteiger partial charge in [-0.1, -0.05) is 11.2 Å². The summed E-state index contributed by atoms with van der Waals surface area (Å²) >= 11 is 0. The van der Waals surface area contributed by atoms with Crippen LogP contribution in [-0.4, -0.2) is 19.7 Å². The molecule has 156 valence electrons. The van der Waals surface area contributed by atoms with Crippen molar-refractivity contribution in [2.24, 2.45) is 0 Å². The van der Waals surface area contributed by atoms with Gasteiger partial charge < -0.3 is 9.09 Å². The summed E-state index contributed by atoms with van der Waals surface area (Å²) in [6.07, 6.45) is 5.43. The van der Waals surface area contributed by atoms with Gasteiger partial charge in [-0.2, -0.15) is 0 Å². The van der Waals surface area contributed by atoms with Gasteiger partial charge in [-0.25, -0.2) is 27.5 Å². The Hall–Kier alpha value is -3.75. The number of hydrogen-bond acceptors (Lipinski definition) is 4. The van der Waals surface area contributed by atoms with Crippen LogP contribution in [0.25, 0.3) is 28.2 Å². The molecule has 3 heterocycles. The lowest BCUT2D eigenvalue weighted by Crippen LogP contribution is -1.99. The number of imidazole rings is 1. The highest BCUT2D eigenvalue weighted by atomic mass is 19.2. The Bertz CT molecular complexity index is 1320. The van der Waals surface area contributed by atoms with Crippen molar-refractivity contribution >= 4 is 5.57 Å². The standard InChI is InChI=1S/C22H14F4N4O/c23-12-4-5-14(17(25)8-12)19-9-13(31-29-19)10-30-7-6-18-20(11-30)28-22(27-18)15-2-1-3-16(24)21(15)26/h2,4-9,11H,1,3,10H2. The normalized spacial score (nSPS) is 14.4. The third kappa shape index (κ3) is 3.63. The van der Waals surface area contributed by atoms with E-state index in [-0.39, 0.29) is 35.6 Å². The van der Waals surface area contributed by atoms with Gasteiger partial charge >= 0.3 is 0 Å². The summed E-state index contributed by atoms with van der Waals surface area (Å²) in [5.41, 5.74) is 1.48. The van der Waals surface area contributed by atoms with Crippen molar-refractivity contribution in [3.8, 4) is 22.6 Å². The average molecular weight is 426 g/mol. The minimum absolute atomic E-state index is 0.0382. The van der Waals surface area contributed by atoms with Crippen molar-refractivity contribution in [3.63, 3.8) is 0 Å². The molecule has 1 aromatic heterocycles. The molecule has 31 heavy (non-hydrogen) atoms. The van der Waals surface area contributed by atoms with Gasteiger partial charge in [0.15, 0.2) is 17.4 Å². The molecule has 2 aromatic rings. The van der Waals surface area contributed by atoms with Crippen LogP contribution in [0.2, 0.25) is 0 Å². The molecule has 9 heteroatoms. The first-order chi connectivity index (χ1) is 15.0. The van der Waals surface area contributed by atoms with Crippen LogP contribution in [-0.2, 0) is 6.54 Å². The summed E-state index contributed by atoms with van der Waals surface area (Å²) in [5.74, 6) is -2.55. The molecule has 0 bridgehead atoms. The van der Waals surface area contributed by atoms with E-state index in [1.165, 1.54) is 6.07 Å². The van der Waals surface area contributed by atoms with Crippen molar-refractivity contribution in [1.29, 1.82) is 0 Å². The first-order valence-corrected chi connectivity index (χ1v) is 9.47. The van der Waals surface area contributed by atoms with E-state index in [0.29, 0.717) is 23.6 Å². The third-order valence-corrected chi connectivity index (χ3v) is 4.96. The highest BCUT2D eigenvalue weighted by molar-refractivity contribution is 5.77. The molecule has 0 N–H and O–H groups in total. The largest absolute Gasteiger partial charge is 0.359 e. The number of nitrogens with zero attached hydrogens (tertiary/aromatic N) is 4. The van der Waals surface area contributed by atoms with Crippen molar-refractivity contribution < 1.29 is 22.1 Å². The second-order valence-electron chi connectivity index (χ2n) is 7.11. The Kier molecular flexibility index (Phi) is 4.65. The monoisotopic (exact) mass is 426 g/mol. The number of allylic oxidation sites excluding steroid dienone is 4. The van der Waals surface area contributed by atoms with E-state index in [2.05, 4.69) is 15.1 Å². The highest BCUT2D eigenvalue weighted by Gasteiger charge is 2.23. The quantitative estimate of drug-likeness (QED) is 0.393. The van der Waals surface area contributed by atoms with Gasteiger partial charge in [-0.3, -0.25) is 0 Å². The van der Waals surface area contributed by atoms with Gasteiger partial charge in [0, 0.05) is 36.5 Å². The van der Waals surface area contributed by atoms with Crippen LogP contribution in [0.3, 0.4) is 0 Å². The molecular formula is C22H14F4N4O. The molecular weight excluding hydrogens is 412 g/mol. The zero-order valence-corrected chi connectivity index (χ0v) is 15.9. The van der Waals surface area contributed by atoms with Crippen LogP contribution in [0, 0.1) is 11.6 Å². The Morgan fingerprint density at radius 2 is 1.81 bits per heavy atom. The first kappa shape index (κ1) is 19.2. The number of rotatable bonds is 4. The molecule has 0 fully saturated rings. The van der Waals surface area contributed by atoms with Gasteiger partial charge in [-0.05, 0) is 24.6 Å². The van der Waals surface area contributed by atoms with Crippen LogP contribution in [0.4, 0.5) is 17.6 Å². The minimum atomic E-state index is -0.920. The minimum Gasteiger partial charge on any atom is -0.359 e. The number of hydrogen-bond donors (Lipinski definition) is 0. The lowest BCUT2D eigenvalue weighted by Gasteiger charge is -2.08. The molecule has 5 nitrogen and oxygen atoms in total. The molecule has 5 rings (SSSR count). The molecule has 2 aliphatic heterocycles. The van der Waals surface area contributed by atoms with Gasteiger partial charge in [-0.15, -0.1) is 0 Å². The second-order valence-corrected chi connectivity index (χ2v) is 7.11. The van der Waals surface area contributed by atoms with Gasteiger partial charge in [0.2, 0.25) is 0 Å². The van der Waals surface area contributed by atoms with E-state index >= 15 is 0 Å². The SMILES string of the molecule is FC1=C(F)C(c2nc3ccn(Cc4cc(-c5ccc(F)cc5F)no4)cc-3n2)=CCC1. The molecule has 0 amide bonds. The molecule has 0 unspecified atom stereocenters. The number of halogens is 4. The van der Waals surface area contributed by atoms with Crippen LogP contribution in [0.5, 0.6) is 0 Å². The number of pyridine rings is 1. The fourth-order valence-electron chi connectivity index (χ4n) is 3.44. The zero-order valence-electron chi connectivity index (χ0n) is 15.9. The Morgan fingerprint density at radius 1 is 0.968 bits per heavy atom. The van der Waals surface area contributed by atoms with Gasteiger partial charge in [0.05, 0.1) is 17.8 Å². The number of benzene rings is 1. The smallest absolute Gasteiger partial charge is 0.165 e. The van der Waals surface area contributed by atoms with E-state index in [9.17, 15) is 17.6 Å².